The van der Waals surface area contributed by atoms with Crippen LogP contribution in [0, 0.1) is 0 Å². The predicted molar refractivity (Wildman–Crippen MR) is 163 cm³/mol. The van der Waals surface area contributed by atoms with Gasteiger partial charge in [0.1, 0.15) is 0 Å². The number of benzene rings is 4. The van der Waals surface area contributed by atoms with Gasteiger partial charge in [-0.2, -0.15) is 0 Å². The Morgan fingerprint density at radius 1 is 0.925 bits per heavy atom. The van der Waals surface area contributed by atoms with E-state index >= 15 is 0 Å². The second-order valence-corrected chi connectivity index (χ2v) is 10.4. The van der Waals surface area contributed by atoms with E-state index < -0.39 is 0 Å². The van der Waals surface area contributed by atoms with E-state index in [4.69, 9.17) is 21.1 Å². The molecule has 2 unspecified atom stereocenters. The lowest BCUT2D eigenvalue weighted by Gasteiger charge is -2.45. The van der Waals surface area contributed by atoms with Crippen LogP contribution in [0.25, 0.3) is 0 Å². The Balaban J connectivity index is 1.51. The SMILES string of the molecule is C=C(Cc1ccc(OC)c(OC)c1)N1c2ccccc2C(N(C(=O)c2ccc(Cl)cc2)c2ccccc2)CC1C. The number of anilines is 2. The number of hydrogen-bond acceptors (Lipinski definition) is 4. The van der Waals surface area contributed by atoms with Crippen molar-refractivity contribution in [2.75, 3.05) is 24.0 Å². The van der Waals surface area contributed by atoms with Gasteiger partial charge in [-0.15, -0.1) is 0 Å². The number of carbonyl (C=O) groups excluding carboxylic acids is 1. The largest absolute Gasteiger partial charge is 0.493 e. The quantitative estimate of drug-likeness (QED) is 0.221. The standard InChI is InChI=1S/C34H33ClN2O3/c1-23(20-25-14-19-32(39-3)33(22-25)40-4)36-24(2)21-31(29-12-8-9-13-30(29)36)37(28-10-6-5-7-11-28)34(38)26-15-17-27(35)18-16-26/h5-19,22,24,31H,1,20-21H2,2-4H3. The third-order valence-corrected chi connectivity index (χ3v) is 7.67. The van der Waals surface area contributed by atoms with Crippen molar-refractivity contribution in [2.24, 2.45) is 0 Å². The lowest BCUT2D eigenvalue weighted by molar-refractivity contribution is 0.0973. The van der Waals surface area contributed by atoms with Gasteiger partial charge in [-0.3, -0.25) is 4.79 Å². The topological polar surface area (TPSA) is 42.0 Å². The summed E-state index contributed by atoms with van der Waals surface area (Å²) in [4.78, 5) is 18.3. The molecular formula is C34H33ClN2O3. The summed E-state index contributed by atoms with van der Waals surface area (Å²) in [6.07, 6.45) is 1.38. The molecular weight excluding hydrogens is 520 g/mol. The van der Waals surface area contributed by atoms with E-state index in [0.717, 1.165) is 34.6 Å². The van der Waals surface area contributed by atoms with Crippen molar-refractivity contribution in [3.8, 4) is 11.5 Å². The van der Waals surface area contributed by atoms with Gasteiger partial charge in [0, 0.05) is 40.1 Å². The number of carbonyl (C=O) groups is 1. The van der Waals surface area contributed by atoms with Crippen LogP contribution >= 0.6 is 11.6 Å². The van der Waals surface area contributed by atoms with Gasteiger partial charge in [0.2, 0.25) is 0 Å². The molecule has 40 heavy (non-hydrogen) atoms. The van der Waals surface area contributed by atoms with Crippen molar-refractivity contribution in [3.05, 3.63) is 131 Å². The van der Waals surface area contributed by atoms with Gasteiger partial charge in [0.25, 0.3) is 5.91 Å². The molecule has 6 heteroatoms. The Morgan fingerprint density at radius 2 is 1.60 bits per heavy atom. The van der Waals surface area contributed by atoms with Crippen LogP contribution in [0.15, 0.2) is 109 Å². The van der Waals surface area contributed by atoms with Gasteiger partial charge in [0.15, 0.2) is 11.5 Å². The molecule has 0 fully saturated rings. The number of methoxy groups -OCH3 is 2. The van der Waals surface area contributed by atoms with Gasteiger partial charge in [-0.25, -0.2) is 0 Å². The van der Waals surface area contributed by atoms with Crippen LogP contribution in [0.2, 0.25) is 5.02 Å². The number of ether oxygens (including phenoxy) is 2. The molecule has 1 amide bonds. The van der Waals surface area contributed by atoms with Crippen molar-refractivity contribution in [1.82, 2.24) is 0 Å². The third kappa shape index (κ3) is 5.43. The Hall–Kier alpha value is -4.22. The molecule has 5 rings (SSSR count). The van der Waals surface area contributed by atoms with Crippen molar-refractivity contribution in [2.45, 2.75) is 31.8 Å². The highest BCUT2D eigenvalue weighted by Gasteiger charge is 2.37. The van der Waals surface area contributed by atoms with Crippen molar-refractivity contribution < 1.29 is 14.3 Å². The number of nitrogens with zero attached hydrogens (tertiary/aromatic N) is 2. The van der Waals surface area contributed by atoms with E-state index in [2.05, 4.69) is 30.5 Å². The number of hydrogen-bond donors (Lipinski definition) is 0. The summed E-state index contributed by atoms with van der Waals surface area (Å²) in [5.41, 5.74) is 5.65. The molecule has 1 aliphatic heterocycles. The summed E-state index contributed by atoms with van der Waals surface area (Å²) < 4.78 is 10.9. The molecule has 0 radical (unpaired) electrons. The Kier molecular flexibility index (Phi) is 8.13. The Bertz CT molecular complexity index is 1500. The monoisotopic (exact) mass is 552 g/mol. The first-order valence-electron chi connectivity index (χ1n) is 13.3. The number of fused-ring (bicyclic) bond motifs is 1. The van der Waals surface area contributed by atoms with Crippen LogP contribution in [0.4, 0.5) is 11.4 Å². The molecule has 0 N–H and O–H groups in total. The first kappa shape index (κ1) is 27.4. The second-order valence-electron chi connectivity index (χ2n) is 9.98. The number of amides is 1. The van der Waals surface area contributed by atoms with Crippen LogP contribution in [-0.2, 0) is 6.42 Å². The molecule has 1 aliphatic rings. The summed E-state index contributed by atoms with van der Waals surface area (Å²) >= 11 is 6.13. The Labute approximate surface area is 241 Å². The maximum atomic E-state index is 14.1. The number of allylic oxidation sites excluding steroid dienone is 1. The molecule has 4 aromatic carbocycles. The van der Waals surface area contributed by atoms with Crippen LogP contribution in [0.3, 0.4) is 0 Å². The van der Waals surface area contributed by atoms with E-state index in [-0.39, 0.29) is 18.0 Å². The van der Waals surface area contributed by atoms with E-state index in [9.17, 15) is 4.79 Å². The van der Waals surface area contributed by atoms with E-state index in [1.807, 2.05) is 65.6 Å². The van der Waals surface area contributed by atoms with Gasteiger partial charge >= 0.3 is 0 Å². The molecule has 204 valence electrons. The van der Waals surface area contributed by atoms with Gasteiger partial charge in [-0.1, -0.05) is 60.6 Å². The van der Waals surface area contributed by atoms with Crippen LogP contribution in [0.1, 0.15) is 40.9 Å². The molecule has 4 aromatic rings. The normalized spacial score (nSPS) is 16.1. The Morgan fingerprint density at radius 3 is 2.30 bits per heavy atom. The molecule has 5 nitrogen and oxygen atoms in total. The van der Waals surface area contributed by atoms with Crippen LogP contribution in [0.5, 0.6) is 11.5 Å². The smallest absolute Gasteiger partial charge is 0.258 e. The summed E-state index contributed by atoms with van der Waals surface area (Å²) in [5.74, 6) is 1.33. The molecule has 0 saturated heterocycles. The van der Waals surface area contributed by atoms with Crippen molar-refractivity contribution in [3.63, 3.8) is 0 Å². The van der Waals surface area contributed by atoms with Crippen LogP contribution < -0.4 is 19.3 Å². The maximum absolute atomic E-state index is 14.1. The summed E-state index contributed by atoms with van der Waals surface area (Å²) in [7, 11) is 3.28. The predicted octanol–water partition coefficient (Wildman–Crippen LogP) is 8.10. The number of para-hydroxylation sites is 2. The molecule has 0 aliphatic carbocycles. The zero-order valence-electron chi connectivity index (χ0n) is 23.0. The molecule has 0 spiro atoms. The van der Waals surface area contributed by atoms with E-state index in [0.29, 0.717) is 28.5 Å². The third-order valence-electron chi connectivity index (χ3n) is 7.41. The zero-order chi connectivity index (χ0) is 28.2. The summed E-state index contributed by atoms with van der Waals surface area (Å²) in [6.45, 7) is 6.69. The fourth-order valence-corrected chi connectivity index (χ4v) is 5.70. The zero-order valence-corrected chi connectivity index (χ0v) is 23.8. The first-order valence-corrected chi connectivity index (χ1v) is 13.7. The highest BCUT2D eigenvalue weighted by molar-refractivity contribution is 6.30. The fourth-order valence-electron chi connectivity index (χ4n) is 5.58. The average Bonchev–Trinajstić information content (AvgIpc) is 2.98. The number of rotatable bonds is 8. The molecule has 0 aromatic heterocycles. The van der Waals surface area contributed by atoms with Crippen molar-refractivity contribution >= 4 is 28.9 Å². The van der Waals surface area contributed by atoms with Crippen LogP contribution in [-0.4, -0.2) is 26.2 Å². The van der Waals surface area contributed by atoms with E-state index in [1.54, 1.807) is 38.5 Å². The second kappa shape index (κ2) is 11.9. The summed E-state index contributed by atoms with van der Waals surface area (Å²) in [6, 6.07) is 31.2. The van der Waals surface area contributed by atoms with Crippen molar-refractivity contribution in [1.29, 1.82) is 0 Å². The molecule has 0 bridgehead atoms. The summed E-state index contributed by atoms with van der Waals surface area (Å²) in [5, 5.41) is 0.600. The van der Waals surface area contributed by atoms with Gasteiger partial charge < -0.3 is 19.3 Å². The highest BCUT2D eigenvalue weighted by Crippen LogP contribution is 2.44. The minimum Gasteiger partial charge on any atom is -0.493 e. The molecule has 0 saturated carbocycles. The first-order chi connectivity index (χ1) is 19.4. The van der Waals surface area contributed by atoms with Gasteiger partial charge in [0.05, 0.1) is 20.3 Å². The lowest BCUT2D eigenvalue weighted by atomic mass is 9.88. The fraction of sp³-hybridized carbons (Fsp3) is 0.206. The minimum atomic E-state index is -0.165. The maximum Gasteiger partial charge on any atom is 0.258 e. The average molecular weight is 553 g/mol. The van der Waals surface area contributed by atoms with E-state index in [1.165, 1.54) is 0 Å². The molecule has 1 heterocycles. The molecule has 2 atom stereocenters. The minimum absolute atomic E-state index is 0.0625. The highest BCUT2D eigenvalue weighted by atomic mass is 35.5. The number of halogens is 1. The lowest BCUT2D eigenvalue weighted by Crippen LogP contribution is -2.45. The van der Waals surface area contributed by atoms with Gasteiger partial charge in [-0.05, 0) is 79.1 Å².